The van der Waals surface area contributed by atoms with E-state index in [0.29, 0.717) is 23.9 Å². The van der Waals surface area contributed by atoms with Crippen LogP contribution in [0.5, 0.6) is 0 Å². The van der Waals surface area contributed by atoms with Crippen molar-refractivity contribution in [3.8, 4) is 11.3 Å². The number of ether oxygens (including phenoxy) is 1. The van der Waals surface area contributed by atoms with Crippen LogP contribution in [0.1, 0.15) is 12.8 Å². The zero-order chi connectivity index (χ0) is 24.5. The number of rotatable bonds is 6. The van der Waals surface area contributed by atoms with E-state index in [-0.39, 0.29) is 0 Å². The van der Waals surface area contributed by atoms with Crippen molar-refractivity contribution in [3.63, 3.8) is 0 Å². The lowest BCUT2D eigenvalue weighted by atomic mass is 10.2. The third kappa shape index (κ3) is 4.43. The van der Waals surface area contributed by atoms with Gasteiger partial charge in [0.15, 0.2) is 0 Å². The average molecular weight is 505 g/mol. The molecule has 6 rings (SSSR count). The molecule has 36 heavy (non-hydrogen) atoms. The molecule has 0 aliphatic carbocycles. The standard InChI is InChI=1S/C26H28N6O3S/c33-36(34,31-12-1-2-13-31)24-5-3-4-20(18-24)25-11-10-23-19-27-26(29-32(23)25)28-21-6-8-22(9-7-21)30-14-16-35-17-15-30/h3-11,18-19H,1-2,12-17H2,(H,28,29). The molecule has 0 bridgehead atoms. The molecule has 186 valence electrons. The molecular formula is C26H28N6O3S. The van der Waals surface area contributed by atoms with E-state index in [2.05, 4.69) is 27.3 Å². The quantitative estimate of drug-likeness (QED) is 0.427. The van der Waals surface area contributed by atoms with E-state index in [4.69, 9.17) is 9.84 Å². The highest BCUT2D eigenvalue weighted by Crippen LogP contribution is 2.28. The van der Waals surface area contributed by atoms with Crippen molar-refractivity contribution in [1.29, 1.82) is 0 Å². The molecule has 2 saturated heterocycles. The Morgan fingerprint density at radius 3 is 2.44 bits per heavy atom. The van der Waals surface area contributed by atoms with Gasteiger partial charge in [-0.05, 0) is 61.4 Å². The van der Waals surface area contributed by atoms with Crippen molar-refractivity contribution in [2.45, 2.75) is 17.7 Å². The lowest BCUT2D eigenvalue weighted by molar-refractivity contribution is 0.122. The van der Waals surface area contributed by atoms with E-state index in [1.807, 2.05) is 30.3 Å². The van der Waals surface area contributed by atoms with Crippen LogP contribution in [0.25, 0.3) is 16.8 Å². The Kier molecular flexibility index (Phi) is 6.08. The van der Waals surface area contributed by atoms with Crippen molar-refractivity contribution < 1.29 is 13.2 Å². The fourth-order valence-electron chi connectivity index (χ4n) is 4.78. The van der Waals surface area contributed by atoms with E-state index >= 15 is 0 Å². The number of sulfonamides is 1. The number of fused-ring (bicyclic) bond motifs is 1. The lowest BCUT2D eigenvalue weighted by Gasteiger charge is -2.28. The number of benzene rings is 2. The van der Waals surface area contributed by atoms with Crippen molar-refractivity contribution >= 4 is 32.9 Å². The molecule has 1 N–H and O–H groups in total. The Hall–Kier alpha value is -3.47. The van der Waals surface area contributed by atoms with E-state index in [1.54, 1.807) is 33.2 Å². The van der Waals surface area contributed by atoms with Gasteiger partial charge in [0.25, 0.3) is 0 Å². The summed E-state index contributed by atoms with van der Waals surface area (Å²) in [4.78, 5) is 7.07. The van der Waals surface area contributed by atoms with Crippen LogP contribution in [0.2, 0.25) is 0 Å². The third-order valence-electron chi connectivity index (χ3n) is 6.73. The van der Waals surface area contributed by atoms with E-state index in [9.17, 15) is 8.42 Å². The molecule has 0 atom stereocenters. The highest BCUT2D eigenvalue weighted by atomic mass is 32.2. The van der Waals surface area contributed by atoms with Crippen LogP contribution in [-0.2, 0) is 14.8 Å². The first-order chi connectivity index (χ1) is 17.6. The minimum Gasteiger partial charge on any atom is -0.378 e. The van der Waals surface area contributed by atoms with Crippen LogP contribution >= 0.6 is 0 Å². The Labute approximate surface area is 210 Å². The number of aromatic nitrogens is 3. The molecule has 9 nitrogen and oxygen atoms in total. The largest absolute Gasteiger partial charge is 0.378 e. The average Bonchev–Trinajstić information content (AvgIpc) is 3.61. The highest BCUT2D eigenvalue weighted by Gasteiger charge is 2.27. The minimum absolute atomic E-state index is 0.310. The molecule has 2 aromatic carbocycles. The van der Waals surface area contributed by atoms with Gasteiger partial charge in [-0.3, -0.25) is 0 Å². The van der Waals surface area contributed by atoms with E-state index in [1.165, 1.54) is 0 Å². The lowest BCUT2D eigenvalue weighted by Crippen LogP contribution is -2.36. The van der Waals surface area contributed by atoms with Crippen molar-refractivity contribution in [2.75, 3.05) is 49.6 Å². The molecule has 2 aliphatic rings. The van der Waals surface area contributed by atoms with E-state index in [0.717, 1.165) is 67.3 Å². The number of morpholine rings is 1. The molecule has 2 aromatic heterocycles. The van der Waals surface area contributed by atoms with Gasteiger partial charge in [0.1, 0.15) is 0 Å². The topological polar surface area (TPSA) is 92.1 Å². The molecule has 0 radical (unpaired) electrons. The summed E-state index contributed by atoms with van der Waals surface area (Å²) >= 11 is 0. The van der Waals surface area contributed by atoms with Gasteiger partial charge < -0.3 is 15.0 Å². The van der Waals surface area contributed by atoms with Gasteiger partial charge in [0.2, 0.25) is 16.0 Å². The number of hydrogen-bond acceptors (Lipinski definition) is 7. The summed E-state index contributed by atoms with van der Waals surface area (Å²) in [7, 11) is -3.50. The second kappa shape index (κ2) is 9.53. The molecule has 0 spiro atoms. The van der Waals surface area contributed by atoms with Gasteiger partial charge >= 0.3 is 0 Å². The molecule has 2 aliphatic heterocycles. The van der Waals surface area contributed by atoms with Gasteiger partial charge in [-0.1, -0.05) is 12.1 Å². The van der Waals surface area contributed by atoms with Gasteiger partial charge in [0.05, 0.1) is 35.5 Å². The predicted octanol–water partition coefficient (Wildman–Crippen LogP) is 3.76. The van der Waals surface area contributed by atoms with Crippen LogP contribution in [0.4, 0.5) is 17.3 Å². The Bertz CT molecular complexity index is 1470. The van der Waals surface area contributed by atoms with Crippen LogP contribution in [0.15, 0.2) is 71.8 Å². The number of hydrogen-bond donors (Lipinski definition) is 1. The zero-order valence-corrected chi connectivity index (χ0v) is 20.7. The maximum absolute atomic E-state index is 13.1. The Balaban J connectivity index is 1.26. The van der Waals surface area contributed by atoms with E-state index < -0.39 is 10.0 Å². The number of nitrogens with zero attached hydrogens (tertiary/aromatic N) is 5. The first kappa shape index (κ1) is 23.0. The predicted molar refractivity (Wildman–Crippen MR) is 139 cm³/mol. The molecule has 4 heterocycles. The van der Waals surface area contributed by atoms with Crippen LogP contribution in [0.3, 0.4) is 0 Å². The molecular weight excluding hydrogens is 476 g/mol. The minimum atomic E-state index is -3.50. The smallest absolute Gasteiger partial charge is 0.245 e. The SMILES string of the molecule is O=S(=O)(c1cccc(-c2ccc3cnc(Nc4ccc(N5CCOCC5)cc4)nn23)c1)N1CCCC1. The summed E-state index contributed by atoms with van der Waals surface area (Å²) in [5, 5.41) is 7.97. The van der Waals surface area contributed by atoms with Crippen molar-refractivity contribution in [1.82, 2.24) is 18.9 Å². The third-order valence-corrected chi connectivity index (χ3v) is 8.63. The van der Waals surface area contributed by atoms with Crippen molar-refractivity contribution in [3.05, 3.63) is 66.9 Å². The normalized spacial score (nSPS) is 17.1. The van der Waals surface area contributed by atoms with Gasteiger partial charge in [-0.25, -0.2) is 17.9 Å². The van der Waals surface area contributed by atoms with Crippen LogP contribution in [-0.4, -0.2) is 66.7 Å². The maximum Gasteiger partial charge on any atom is 0.245 e. The zero-order valence-electron chi connectivity index (χ0n) is 19.9. The first-order valence-corrected chi connectivity index (χ1v) is 13.7. The monoisotopic (exact) mass is 504 g/mol. The highest BCUT2D eigenvalue weighted by molar-refractivity contribution is 7.89. The summed E-state index contributed by atoms with van der Waals surface area (Å²) in [6, 6.07) is 19.1. The second-order valence-corrected chi connectivity index (χ2v) is 11.0. The Morgan fingerprint density at radius 1 is 0.889 bits per heavy atom. The van der Waals surface area contributed by atoms with Gasteiger partial charge in [-0.2, -0.15) is 4.31 Å². The first-order valence-electron chi connectivity index (χ1n) is 12.2. The summed E-state index contributed by atoms with van der Waals surface area (Å²) in [6.45, 7) is 4.44. The summed E-state index contributed by atoms with van der Waals surface area (Å²) in [5.74, 6) is 0.458. The molecule has 10 heteroatoms. The Morgan fingerprint density at radius 2 is 1.67 bits per heavy atom. The van der Waals surface area contributed by atoms with Crippen molar-refractivity contribution in [2.24, 2.45) is 0 Å². The molecule has 0 amide bonds. The molecule has 0 saturated carbocycles. The molecule has 2 fully saturated rings. The van der Waals surface area contributed by atoms with Gasteiger partial charge in [0, 0.05) is 43.1 Å². The molecule has 4 aromatic rings. The fourth-order valence-corrected chi connectivity index (χ4v) is 6.34. The summed E-state index contributed by atoms with van der Waals surface area (Å²) < 4.78 is 34.9. The number of anilines is 3. The van der Waals surface area contributed by atoms with Gasteiger partial charge in [-0.15, -0.1) is 5.10 Å². The second-order valence-electron chi connectivity index (χ2n) is 9.05. The number of nitrogens with one attached hydrogen (secondary N) is 1. The van der Waals surface area contributed by atoms with Crippen LogP contribution in [0, 0.1) is 0 Å². The molecule has 0 unspecified atom stereocenters. The maximum atomic E-state index is 13.1. The summed E-state index contributed by atoms with van der Waals surface area (Å²) in [6.07, 6.45) is 3.57. The summed E-state index contributed by atoms with van der Waals surface area (Å²) in [5.41, 5.74) is 4.47. The van der Waals surface area contributed by atoms with Crippen LogP contribution < -0.4 is 10.2 Å². The fraction of sp³-hybridized carbons (Fsp3) is 0.308.